The highest BCUT2D eigenvalue weighted by atomic mass is 32.1. The highest BCUT2D eigenvalue weighted by molar-refractivity contribution is 7.80. The largest absolute Gasteiger partial charge is 0.413 e. The molecule has 0 bridgehead atoms. The molecule has 1 atom stereocenters. The Kier molecular flexibility index (Phi) is 6.61. The molecule has 0 heterocycles. The van der Waals surface area contributed by atoms with Gasteiger partial charge in [0.25, 0.3) is 0 Å². The van der Waals surface area contributed by atoms with Crippen LogP contribution in [0, 0.1) is 0 Å². The summed E-state index contributed by atoms with van der Waals surface area (Å²) in [4.78, 5) is 15.5. The Bertz CT molecular complexity index is 486. The summed E-state index contributed by atoms with van der Waals surface area (Å²) in [5.41, 5.74) is 16.8. The minimum Gasteiger partial charge on any atom is -0.413 e. The molecule has 20 heavy (non-hydrogen) atoms. The maximum Gasteiger partial charge on any atom is 0.329 e. The van der Waals surface area contributed by atoms with Gasteiger partial charge in [0.05, 0.1) is 0 Å². The fraction of sp³-hybridized carbons (Fsp3) is 0.308. The van der Waals surface area contributed by atoms with Gasteiger partial charge in [-0.1, -0.05) is 30.3 Å². The van der Waals surface area contributed by atoms with Crippen LogP contribution in [0.4, 0.5) is 0 Å². The second-order valence-electron chi connectivity index (χ2n) is 4.13. The molecular weight excluding hydrogens is 276 g/mol. The topological polar surface area (TPSA) is 117 Å². The molecule has 0 saturated carbocycles. The van der Waals surface area contributed by atoms with E-state index in [-0.39, 0.29) is 11.0 Å². The molecule has 1 unspecified atom stereocenters. The summed E-state index contributed by atoms with van der Waals surface area (Å²) in [7, 11) is 0. The van der Waals surface area contributed by atoms with E-state index >= 15 is 0 Å². The number of thiocarbonyl (C=S) groups is 1. The van der Waals surface area contributed by atoms with Crippen molar-refractivity contribution in [1.29, 1.82) is 0 Å². The van der Waals surface area contributed by atoms with Crippen LogP contribution in [-0.2, 0) is 9.53 Å². The number of aliphatic imine (C=N–C) groups is 1. The van der Waals surface area contributed by atoms with Crippen molar-refractivity contribution in [2.24, 2.45) is 22.2 Å². The second kappa shape index (κ2) is 8.23. The first-order chi connectivity index (χ1) is 9.50. The van der Waals surface area contributed by atoms with Crippen molar-refractivity contribution in [1.82, 2.24) is 0 Å². The molecule has 0 radical (unpaired) electrons. The highest BCUT2D eigenvalue weighted by Crippen LogP contribution is 2.05. The van der Waals surface area contributed by atoms with Crippen LogP contribution in [-0.4, -0.2) is 29.6 Å². The van der Waals surface area contributed by atoms with Crippen molar-refractivity contribution in [2.75, 3.05) is 6.54 Å². The van der Waals surface area contributed by atoms with Gasteiger partial charge < -0.3 is 21.9 Å². The number of carbonyl (C=O) groups excluding carboxylic acids is 1. The molecule has 0 aromatic heterocycles. The Morgan fingerprint density at radius 3 is 2.55 bits per heavy atom. The third-order valence-electron chi connectivity index (χ3n) is 2.47. The van der Waals surface area contributed by atoms with E-state index in [9.17, 15) is 4.79 Å². The lowest BCUT2D eigenvalue weighted by Gasteiger charge is -2.11. The van der Waals surface area contributed by atoms with Gasteiger partial charge in [0.2, 0.25) is 5.05 Å². The molecule has 0 amide bonds. The maximum absolute atomic E-state index is 11.7. The number of nitrogens with two attached hydrogens (primary N) is 3. The van der Waals surface area contributed by atoms with Crippen molar-refractivity contribution >= 4 is 29.2 Å². The normalized spacial score (nSPS) is 11.4. The quantitative estimate of drug-likeness (QED) is 0.228. The number of rotatable bonds is 6. The minimum absolute atomic E-state index is 0.0198. The molecule has 0 aliphatic carbocycles. The van der Waals surface area contributed by atoms with Gasteiger partial charge in [-0.25, -0.2) is 4.79 Å². The molecule has 0 saturated heterocycles. The summed E-state index contributed by atoms with van der Waals surface area (Å²) in [6.07, 6.45) is 1.01. The Morgan fingerprint density at radius 1 is 1.30 bits per heavy atom. The molecule has 0 aliphatic rings. The molecular formula is C13H18N4O2S. The number of guanidine groups is 1. The summed E-state index contributed by atoms with van der Waals surface area (Å²) < 4.78 is 5.06. The van der Waals surface area contributed by atoms with Gasteiger partial charge in [-0.15, -0.1) is 0 Å². The van der Waals surface area contributed by atoms with E-state index in [1.165, 1.54) is 0 Å². The molecule has 1 aromatic carbocycles. The smallest absolute Gasteiger partial charge is 0.329 e. The average molecular weight is 294 g/mol. The van der Waals surface area contributed by atoms with Gasteiger partial charge in [0.1, 0.15) is 6.04 Å². The Morgan fingerprint density at radius 2 is 1.95 bits per heavy atom. The van der Waals surface area contributed by atoms with Gasteiger partial charge in [-0.3, -0.25) is 4.99 Å². The van der Waals surface area contributed by atoms with Crippen molar-refractivity contribution in [3.63, 3.8) is 0 Å². The van der Waals surface area contributed by atoms with Crippen molar-refractivity contribution in [2.45, 2.75) is 18.9 Å². The lowest BCUT2D eigenvalue weighted by Crippen LogP contribution is -2.33. The van der Waals surface area contributed by atoms with E-state index in [1.807, 2.05) is 18.2 Å². The van der Waals surface area contributed by atoms with E-state index in [0.29, 0.717) is 24.9 Å². The third-order valence-corrected chi connectivity index (χ3v) is 2.79. The first-order valence-electron chi connectivity index (χ1n) is 6.12. The third kappa shape index (κ3) is 5.77. The molecule has 7 heteroatoms. The van der Waals surface area contributed by atoms with Gasteiger partial charge in [-0.05, 0) is 25.1 Å². The standard InChI is InChI=1S/C13H18N4O2S/c14-10(7-4-8-17-13(15)16)11(18)19-12(20)9-5-2-1-3-6-9/h1-3,5-6,10H,4,7-8,14H2,(H4,15,16,17). The van der Waals surface area contributed by atoms with E-state index in [4.69, 9.17) is 34.2 Å². The van der Waals surface area contributed by atoms with Crippen LogP contribution in [0.25, 0.3) is 0 Å². The van der Waals surface area contributed by atoms with Crippen molar-refractivity contribution in [3.8, 4) is 0 Å². The summed E-state index contributed by atoms with van der Waals surface area (Å²) in [6, 6.07) is 8.25. The molecule has 0 fully saturated rings. The fourth-order valence-corrected chi connectivity index (χ4v) is 1.66. The van der Waals surface area contributed by atoms with E-state index in [0.717, 1.165) is 0 Å². The Labute approximate surface area is 123 Å². The van der Waals surface area contributed by atoms with Gasteiger partial charge in [0, 0.05) is 12.1 Å². The molecule has 1 rings (SSSR count). The predicted molar refractivity (Wildman–Crippen MR) is 82.1 cm³/mol. The monoisotopic (exact) mass is 294 g/mol. The summed E-state index contributed by atoms with van der Waals surface area (Å²) in [5.74, 6) is -0.532. The maximum atomic E-state index is 11.7. The lowest BCUT2D eigenvalue weighted by atomic mass is 10.1. The fourth-order valence-electron chi connectivity index (χ4n) is 1.44. The number of hydrogen-bond acceptors (Lipinski definition) is 5. The van der Waals surface area contributed by atoms with E-state index in [1.54, 1.807) is 12.1 Å². The molecule has 0 spiro atoms. The number of esters is 1. The zero-order chi connectivity index (χ0) is 15.0. The lowest BCUT2D eigenvalue weighted by molar-refractivity contribution is -0.136. The van der Waals surface area contributed by atoms with Gasteiger partial charge in [-0.2, -0.15) is 0 Å². The number of hydrogen-bond donors (Lipinski definition) is 3. The van der Waals surface area contributed by atoms with E-state index < -0.39 is 12.0 Å². The molecule has 6 nitrogen and oxygen atoms in total. The predicted octanol–water partition coefficient (Wildman–Crippen LogP) is 0.286. The van der Waals surface area contributed by atoms with Gasteiger partial charge >= 0.3 is 5.97 Å². The second-order valence-corrected chi connectivity index (χ2v) is 4.50. The number of benzene rings is 1. The zero-order valence-electron chi connectivity index (χ0n) is 11.0. The SMILES string of the molecule is NC(N)=NCCCC(N)C(=O)OC(=S)c1ccccc1. The van der Waals surface area contributed by atoms with Crippen molar-refractivity contribution in [3.05, 3.63) is 35.9 Å². The van der Waals surface area contributed by atoms with Crippen LogP contribution < -0.4 is 17.2 Å². The van der Waals surface area contributed by atoms with Crippen LogP contribution >= 0.6 is 12.2 Å². The molecule has 0 aliphatic heterocycles. The van der Waals surface area contributed by atoms with Crippen LogP contribution in [0.15, 0.2) is 35.3 Å². The molecule has 6 N–H and O–H groups in total. The Hall–Kier alpha value is -1.99. The van der Waals surface area contributed by atoms with Crippen molar-refractivity contribution < 1.29 is 9.53 Å². The van der Waals surface area contributed by atoms with Crippen LogP contribution in [0.2, 0.25) is 0 Å². The first-order valence-corrected chi connectivity index (χ1v) is 6.53. The van der Waals surface area contributed by atoms with E-state index in [2.05, 4.69) is 4.99 Å². The average Bonchev–Trinajstić information content (AvgIpc) is 2.44. The summed E-state index contributed by atoms with van der Waals surface area (Å²) >= 11 is 5.03. The summed E-state index contributed by atoms with van der Waals surface area (Å²) in [5, 5.41) is 0.121. The van der Waals surface area contributed by atoms with Crippen LogP contribution in [0.5, 0.6) is 0 Å². The molecule has 108 valence electrons. The number of nitrogens with zero attached hydrogens (tertiary/aromatic N) is 1. The zero-order valence-corrected chi connectivity index (χ0v) is 11.8. The summed E-state index contributed by atoms with van der Waals surface area (Å²) in [6.45, 7) is 0.423. The molecule has 1 aromatic rings. The highest BCUT2D eigenvalue weighted by Gasteiger charge is 2.17. The first kappa shape index (κ1) is 16.1. The number of ether oxygens (including phenoxy) is 1. The minimum atomic E-state index is -0.745. The Balaban J connectivity index is 2.38. The van der Waals surface area contributed by atoms with Crippen LogP contribution in [0.1, 0.15) is 18.4 Å². The number of carbonyl (C=O) groups is 1. The van der Waals surface area contributed by atoms with Crippen LogP contribution in [0.3, 0.4) is 0 Å². The van der Waals surface area contributed by atoms with Gasteiger partial charge in [0.15, 0.2) is 5.96 Å².